The van der Waals surface area contributed by atoms with Crippen molar-refractivity contribution in [1.29, 1.82) is 0 Å². The summed E-state index contributed by atoms with van der Waals surface area (Å²) in [5.74, 6) is 0.136. The third kappa shape index (κ3) is 3.69. The molecule has 0 aliphatic carbocycles. The molecule has 0 unspecified atom stereocenters. The third-order valence-electron chi connectivity index (χ3n) is 5.63. The summed E-state index contributed by atoms with van der Waals surface area (Å²) in [6.45, 7) is 5.82. The maximum atomic E-state index is 12.9. The van der Waals surface area contributed by atoms with E-state index in [1.165, 1.54) is 11.3 Å². The minimum atomic E-state index is 0.0297. The van der Waals surface area contributed by atoms with Gasteiger partial charge in [-0.05, 0) is 62.6 Å². The molecule has 1 amide bonds. The summed E-state index contributed by atoms with van der Waals surface area (Å²) in [5.41, 5.74) is 4.22. The topological polar surface area (TPSA) is 45.2 Å². The molecule has 0 spiro atoms. The van der Waals surface area contributed by atoms with Gasteiger partial charge in [-0.3, -0.25) is 9.78 Å². The lowest BCUT2D eigenvalue weighted by atomic mass is 9.94. The van der Waals surface area contributed by atoms with E-state index in [0.29, 0.717) is 0 Å². The van der Waals surface area contributed by atoms with E-state index in [1.54, 1.807) is 6.20 Å². The van der Waals surface area contributed by atoms with E-state index in [2.05, 4.69) is 28.2 Å². The first kappa shape index (κ1) is 18.8. The van der Waals surface area contributed by atoms with Crippen LogP contribution >= 0.6 is 11.6 Å². The summed E-state index contributed by atoms with van der Waals surface area (Å²) >= 11 is 6.07. The van der Waals surface area contributed by atoms with Gasteiger partial charge in [0, 0.05) is 58.1 Å². The molecule has 0 bridgehead atoms. The number of benzene rings is 2. The van der Waals surface area contributed by atoms with Gasteiger partial charge in [-0.1, -0.05) is 23.7 Å². The predicted molar refractivity (Wildman–Crippen MR) is 116 cm³/mol. The zero-order valence-corrected chi connectivity index (χ0v) is 17.0. The number of hydrogen-bond acceptors (Lipinski definition) is 3. The van der Waals surface area contributed by atoms with Crippen LogP contribution in [0.4, 0.5) is 11.4 Å². The van der Waals surface area contributed by atoms with Crippen LogP contribution in [0.25, 0.3) is 10.8 Å². The second-order valence-corrected chi connectivity index (χ2v) is 7.91. The molecule has 4 nitrogen and oxygen atoms in total. The van der Waals surface area contributed by atoms with Gasteiger partial charge in [0.15, 0.2) is 0 Å². The molecule has 0 saturated carbocycles. The van der Waals surface area contributed by atoms with Gasteiger partial charge < -0.3 is 10.2 Å². The molecule has 1 aliphatic heterocycles. The Kier molecular flexibility index (Phi) is 5.23. The normalized spacial score (nSPS) is 15.0. The fourth-order valence-electron chi connectivity index (χ4n) is 4.05. The Labute approximate surface area is 170 Å². The van der Waals surface area contributed by atoms with Gasteiger partial charge in [-0.15, -0.1) is 0 Å². The summed E-state index contributed by atoms with van der Waals surface area (Å²) in [6, 6.07) is 13.9. The van der Waals surface area contributed by atoms with Crippen LogP contribution in [0, 0.1) is 19.8 Å². The Bertz CT molecular complexity index is 1030. The first-order valence-corrected chi connectivity index (χ1v) is 10.1. The highest BCUT2D eigenvalue weighted by Crippen LogP contribution is 2.30. The van der Waals surface area contributed by atoms with Gasteiger partial charge in [-0.2, -0.15) is 0 Å². The average Bonchev–Trinajstić information content (AvgIpc) is 2.69. The van der Waals surface area contributed by atoms with E-state index in [4.69, 9.17) is 11.6 Å². The number of carbonyl (C=O) groups is 1. The first-order valence-electron chi connectivity index (χ1n) is 9.69. The standard InChI is InChI=1S/C23H24ClN3O/c1-15-14-18(24)6-7-22(15)27-12-9-17(10-13-27)23(28)26-21-5-3-4-19-16(2)25-11-8-20(19)21/h3-8,11,14,17H,9-10,12-13H2,1-2H3,(H,26,28). The van der Waals surface area contributed by atoms with Crippen molar-refractivity contribution in [2.24, 2.45) is 5.92 Å². The lowest BCUT2D eigenvalue weighted by molar-refractivity contribution is -0.120. The molecular weight excluding hydrogens is 370 g/mol. The van der Waals surface area contributed by atoms with E-state index < -0.39 is 0 Å². The molecule has 0 radical (unpaired) electrons. The largest absolute Gasteiger partial charge is 0.371 e. The molecular formula is C23H24ClN3O. The van der Waals surface area contributed by atoms with Crippen molar-refractivity contribution in [3.8, 4) is 0 Å². The fourth-order valence-corrected chi connectivity index (χ4v) is 4.28. The molecule has 1 N–H and O–H groups in total. The van der Waals surface area contributed by atoms with Crippen LogP contribution in [0.2, 0.25) is 5.02 Å². The Morgan fingerprint density at radius 2 is 1.89 bits per heavy atom. The first-order chi connectivity index (χ1) is 13.5. The number of carbonyl (C=O) groups excluding carboxylic acids is 1. The van der Waals surface area contributed by atoms with Crippen molar-refractivity contribution in [1.82, 2.24) is 4.98 Å². The van der Waals surface area contributed by atoms with Crippen molar-refractivity contribution >= 4 is 39.7 Å². The highest BCUT2D eigenvalue weighted by molar-refractivity contribution is 6.30. The molecule has 144 valence electrons. The number of nitrogens with one attached hydrogen (secondary N) is 1. The summed E-state index contributed by atoms with van der Waals surface area (Å²) in [7, 11) is 0. The van der Waals surface area contributed by atoms with Crippen LogP contribution in [0.15, 0.2) is 48.7 Å². The van der Waals surface area contributed by atoms with Crippen LogP contribution < -0.4 is 10.2 Å². The molecule has 5 heteroatoms. The van der Waals surface area contributed by atoms with Crippen molar-refractivity contribution < 1.29 is 4.79 Å². The van der Waals surface area contributed by atoms with Gasteiger partial charge in [0.25, 0.3) is 0 Å². The van der Waals surface area contributed by atoms with Crippen molar-refractivity contribution in [3.63, 3.8) is 0 Å². The molecule has 2 aromatic carbocycles. The number of pyridine rings is 1. The highest BCUT2D eigenvalue weighted by atomic mass is 35.5. The van der Waals surface area contributed by atoms with Gasteiger partial charge in [0.1, 0.15) is 0 Å². The lowest BCUT2D eigenvalue weighted by Crippen LogP contribution is -2.38. The van der Waals surface area contributed by atoms with Crippen LogP contribution in [0.3, 0.4) is 0 Å². The molecule has 1 saturated heterocycles. The monoisotopic (exact) mass is 393 g/mol. The van der Waals surface area contributed by atoms with Gasteiger partial charge >= 0.3 is 0 Å². The molecule has 3 aromatic rings. The lowest BCUT2D eigenvalue weighted by Gasteiger charge is -2.34. The van der Waals surface area contributed by atoms with Crippen LogP contribution in [0.5, 0.6) is 0 Å². The van der Waals surface area contributed by atoms with E-state index in [0.717, 1.165) is 53.1 Å². The van der Waals surface area contributed by atoms with Crippen molar-refractivity contribution in [3.05, 3.63) is 64.9 Å². The van der Waals surface area contributed by atoms with Crippen LogP contribution in [-0.4, -0.2) is 24.0 Å². The number of aromatic nitrogens is 1. The fraction of sp³-hybridized carbons (Fsp3) is 0.304. The third-order valence-corrected chi connectivity index (χ3v) is 5.86. The zero-order valence-electron chi connectivity index (χ0n) is 16.2. The van der Waals surface area contributed by atoms with Gasteiger partial charge in [0.2, 0.25) is 5.91 Å². The Morgan fingerprint density at radius 3 is 2.64 bits per heavy atom. The van der Waals surface area contributed by atoms with Crippen molar-refractivity contribution in [2.75, 3.05) is 23.3 Å². The minimum absolute atomic E-state index is 0.0297. The van der Waals surface area contributed by atoms with E-state index in [9.17, 15) is 4.79 Å². The quantitative estimate of drug-likeness (QED) is 0.651. The molecule has 1 fully saturated rings. The Hall–Kier alpha value is -2.59. The van der Waals surface area contributed by atoms with Crippen LogP contribution in [0.1, 0.15) is 24.1 Å². The number of amides is 1. The molecule has 1 aliphatic rings. The number of anilines is 2. The Balaban J connectivity index is 1.44. The number of piperidine rings is 1. The molecule has 28 heavy (non-hydrogen) atoms. The van der Waals surface area contributed by atoms with E-state index >= 15 is 0 Å². The summed E-state index contributed by atoms with van der Waals surface area (Å²) < 4.78 is 0. The molecule has 1 aromatic heterocycles. The zero-order chi connectivity index (χ0) is 19.7. The van der Waals surface area contributed by atoms with E-state index in [-0.39, 0.29) is 11.8 Å². The number of hydrogen-bond donors (Lipinski definition) is 1. The summed E-state index contributed by atoms with van der Waals surface area (Å²) in [4.78, 5) is 19.6. The number of rotatable bonds is 3. The summed E-state index contributed by atoms with van der Waals surface area (Å²) in [6.07, 6.45) is 3.48. The van der Waals surface area contributed by atoms with Crippen molar-refractivity contribution in [2.45, 2.75) is 26.7 Å². The van der Waals surface area contributed by atoms with E-state index in [1.807, 2.05) is 43.3 Å². The van der Waals surface area contributed by atoms with Gasteiger partial charge in [0.05, 0.1) is 0 Å². The smallest absolute Gasteiger partial charge is 0.227 e. The van der Waals surface area contributed by atoms with Crippen LogP contribution in [-0.2, 0) is 4.79 Å². The highest BCUT2D eigenvalue weighted by Gasteiger charge is 2.26. The molecule has 4 rings (SSSR count). The average molecular weight is 394 g/mol. The SMILES string of the molecule is Cc1cc(Cl)ccc1N1CCC(C(=O)Nc2cccc3c(C)nccc23)CC1. The number of fused-ring (bicyclic) bond motifs is 1. The number of aryl methyl sites for hydroxylation is 2. The molecule has 2 heterocycles. The summed E-state index contributed by atoms with van der Waals surface area (Å²) in [5, 5.41) is 6.03. The number of nitrogens with zero attached hydrogens (tertiary/aromatic N) is 2. The van der Waals surface area contributed by atoms with Gasteiger partial charge in [-0.25, -0.2) is 0 Å². The maximum absolute atomic E-state index is 12.9. The number of halogens is 1. The Morgan fingerprint density at radius 1 is 1.11 bits per heavy atom. The predicted octanol–water partition coefficient (Wildman–Crippen LogP) is 5.36. The minimum Gasteiger partial charge on any atom is -0.371 e. The molecule has 0 atom stereocenters. The second-order valence-electron chi connectivity index (χ2n) is 7.48. The second kappa shape index (κ2) is 7.80. The maximum Gasteiger partial charge on any atom is 0.227 e.